The summed E-state index contributed by atoms with van der Waals surface area (Å²) in [4.78, 5) is 0. The number of aromatic hydroxyl groups is 1. The van der Waals surface area contributed by atoms with Gasteiger partial charge in [0.05, 0.1) is 5.56 Å². The first kappa shape index (κ1) is 13.2. The van der Waals surface area contributed by atoms with Crippen LogP contribution in [0.25, 0.3) is 0 Å². The molecule has 0 radical (unpaired) electrons. The van der Waals surface area contributed by atoms with E-state index >= 15 is 0 Å². The number of phenolic OH excluding ortho intramolecular Hbond substituents is 1. The summed E-state index contributed by atoms with van der Waals surface area (Å²) in [6, 6.07) is 3.90. The zero-order chi connectivity index (χ0) is 13.2. The molecule has 18 heavy (non-hydrogen) atoms. The summed E-state index contributed by atoms with van der Waals surface area (Å²) in [6.07, 6.45) is 1.67. The molecule has 1 saturated carbocycles. The van der Waals surface area contributed by atoms with Crippen molar-refractivity contribution < 1.29 is 18.3 Å². The molecule has 1 nitrogen and oxygen atoms in total. The average Bonchev–Trinajstić information content (AvgIpc) is 2.32. The van der Waals surface area contributed by atoms with E-state index in [1.807, 2.05) is 0 Å². The third kappa shape index (κ3) is 2.98. The van der Waals surface area contributed by atoms with E-state index in [4.69, 9.17) is 0 Å². The number of halogens is 3. The van der Waals surface area contributed by atoms with Gasteiger partial charge in [0, 0.05) is 0 Å². The Morgan fingerprint density at radius 3 is 2.39 bits per heavy atom. The Morgan fingerprint density at radius 1 is 1.11 bits per heavy atom. The Hall–Kier alpha value is -1.19. The predicted molar refractivity (Wildman–Crippen MR) is 63.4 cm³/mol. The second-order valence-electron chi connectivity index (χ2n) is 5.02. The van der Waals surface area contributed by atoms with Crippen LogP contribution in [-0.2, 0) is 12.6 Å². The Bertz CT molecular complexity index is 406. The fraction of sp³-hybridized carbons (Fsp3) is 0.571. The molecular weight excluding hydrogens is 241 g/mol. The smallest absolute Gasteiger partial charge is 0.419 e. The molecule has 1 aromatic rings. The highest BCUT2D eigenvalue weighted by molar-refractivity contribution is 5.42. The molecule has 1 N–H and O–H groups in total. The number of benzene rings is 1. The first-order chi connectivity index (χ1) is 8.48. The normalized spacial score (nSPS) is 17.9. The molecule has 0 spiro atoms. The molecule has 2 rings (SSSR count). The number of hydrogen-bond donors (Lipinski definition) is 1. The summed E-state index contributed by atoms with van der Waals surface area (Å²) < 4.78 is 37.9. The minimum atomic E-state index is -4.48. The first-order valence-corrected chi connectivity index (χ1v) is 6.36. The number of phenols is 1. The number of hydrogen-bond acceptors (Lipinski definition) is 1. The van der Waals surface area contributed by atoms with Crippen molar-refractivity contribution in [2.45, 2.75) is 44.7 Å². The van der Waals surface area contributed by atoms with Crippen LogP contribution >= 0.6 is 0 Å². The highest BCUT2D eigenvalue weighted by atomic mass is 19.4. The minimum absolute atomic E-state index is 0.410. The lowest BCUT2D eigenvalue weighted by molar-refractivity contribution is -0.138. The maximum absolute atomic E-state index is 12.6. The summed E-state index contributed by atoms with van der Waals surface area (Å²) in [6.45, 7) is 0. The summed E-state index contributed by atoms with van der Waals surface area (Å²) in [5.41, 5.74) is -0.493. The van der Waals surface area contributed by atoms with Crippen molar-refractivity contribution in [2.75, 3.05) is 0 Å². The van der Waals surface area contributed by atoms with Crippen LogP contribution in [0.3, 0.4) is 0 Å². The predicted octanol–water partition coefficient (Wildman–Crippen LogP) is 4.53. The summed E-state index contributed by atoms with van der Waals surface area (Å²) in [7, 11) is 0. The van der Waals surface area contributed by atoms with Gasteiger partial charge in [0.25, 0.3) is 0 Å². The van der Waals surface area contributed by atoms with E-state index in [1.165, 1.54) is 12.5 Å². The largest absolute Gasteiger partial charge is 0.507 e. The third-order valence-electron chi connectivity index (χ3n) is 3.66. The van der Waals surface area contributed by atoms with Gasteiger partial charge in [-0.15, -0.1) is 0 Å². The Kier molecular flexibility index (Phi) is 3.83. The average molecular weight is 258 g/mol. The van der Waals surface area contributed by atoms with Gasteiger partial charge < -0.3 is 5.11 Å². The highest BCUT2D eigenvalue weighted by Crippen LogP contribution is 2.39. The van der Waals surface area contributed by atoms with Gasteiger partial charge in [-0.1, -0.05) is 44.2 Å². The summed E-state index contributed by atoms with van der Waals surface area (Å²) in [5, 5.41) is 9.74. The third-order valence-corrected chi connectivity index (χ3v) is 3.66. The van der Waals surface area contributed by atoms with E-state index in [2.05, 4.69) is 0 Å². The molecule has 1 aromatic carbocycles. The summed E-state index contributed by atoms with van der Waals surface area (Å²) in [5.74, 6) is -0.177. The molecule has 0 saturated heterocycles. The van der Waals surface area contributed by atoms with Gasteiger partial charge in [-0.2, -0.15) is 13.2 Å². The molecule has 0 amide bonds. The molecule has 0 bridgehead atoms. The zero-order valence-corrected chi connectivity index (χ0v) is 10.1. The van der Waals surface area contributed by atoms with Crippen LogP contribution in [0, 0.1) is 5.92 Å². The van der Waals surface area contributed by atoms with Crippen LogP contribution in [0.5, 0.6) is 5.75 Å². The van der Waals surface area contributed by atoms with Crippen molar-refractivity contribution in [1.29, 1.82) is 0 Å². The van der Waals surface area contributed by atoms with Crippen LogP contribution in [0.2, 0.25) is 0 Å². The fourth-order valence-corrected chi connectivity index (χ4v) is 2.69. The van der Waals surface area contributed by atoms with E-state index in [-0.39, 0.29) is 0 Å². The second-order valence-corrected chi connectivity index (χ2v) is 5.02. The van der Waals surface area contributed by atoms with Crippen molar-refractivity contribution in [1.82, 2.24) is 0 Å². The standard InChI is InChI=1S/C14H17F3O/c15-14(16,17)12-8-4-7-11(13(12)18)9-10-5-2-1-3-6-10/h4,7-8,10,18H,1-3,5-6,9H2. The lowest BCUT2D eigenvalue weighted by atomic mass is 9.84. The van der Waals surface area contributed by atoms with Crippen molar-refractivity contribution in [3.05, 3.63) is 29.3 Å². The topological polar surface area (TPSA) is 20.2 Å². The zero-order valence-electron chi connectivity index (χ0n) is 10.1. The van der Waals surface area contributed by atoms with Gasteiger partial charge in [-0.25, -0.2) is 0 Å². The Labute approximate surface area is 105 Å². The first-order valence-electron chi connectivity index (χ1n) is 6.36. The molecule has 100 valence electrons. The van der Waals surface area contributed by atoms with Gasteiger partial charge in [0.15, 0.2) is 0 Å². The van der Waals surface area contributed by atoms with E-state index in [0.29, 0.717) is 17.9 Å². The van der Waals surface area contributed by atoms with Gasteiger partial charge in [-0.3, -0.25) is 0 Å². The monoisotopic (exact) mass is 258 g/mol. The maximum atomic E-state index is 12.6. The van der Waals surface area contributed by atoms with Crippen molar-refractivity contribution in [2.24, 2.45) is 5.92 Å². The van der Waals surface area contributed by atoms with Crippen LogP contribution in [0.1, 0.15) is 43.2 Å². The molecule has 1 aliphatic rings. The molecule has 0 heterocycles. The van der Waals surface area contributed by atoms with Gasteiger partial charge in [0.1, 0.15) is 5.75 Å². The quantitative estimate of drug-likeness (QED) is 0.826. The maximum Gasteiger partial charge on any atom is 0.419 e. The molecule has 0 aliphatic heterocycles. The van der Waals surface area contributed by atoms with E-state index < -0.39 is 17.5 Å². The molecule has 0 unspecified atom stereocenters. The lowest BCUT2D eigenvalue weighted by Gasteiger charge is -2.22. The van der Waals surface area contributed by atoms with Gasteiger partial charge in [-0.05, 0) is 24.0 Å². The fourth-order valence-electron chi connectivity index (χ4n) is 2.69. The molecular formula is C14H17F3O. The number of rotatable bonds is 2. The number of alkyl halides is 3. The van der Waals surface area contributed by atoms with Gasteiger partial charge in [0.2, 0.25) is 0 Å². The molecule has 1 aliphatic carbocycles. The second kappa shape index (κ2) is 5.21. The lowest BCUT2D eigenvalue weighted by Crippen LogP contribution is -2.11. The van der Waals surface area contributed by atoms with Crippen LogP contribution in [0.4, 0.5) is 13.2 Å². The minimum Gasteiger partial charge on any atom is -0.507 e. The molecule has 4 heteroatoms. The number of para-hydroxylation sites is 1. The SMILES string of the molecule is Oc1c(CC2CCCCC2)cccc1C(F)(F)F. The van der Waals surface area contributed by atoms with E-state index in [9.17, 15) is 18.3 Å². The molecule has 0 aromatic heterocycles. The Morgan fingerprint density at radius 2 is 1.78 bits per heavy atom. The van der Waals surface area contributed by atoms with E-state index in [1.54, 1.807) is 6.07 Å². The van der Waals surface area contributed by atoms with Crippen LogP contribution in [-0.4, -0.2) is 5.11 Å². The van der Waals surface area contributed by atoms with Crippen molar-refractivity contribution in [3.8, 4) is 5.75 Å². The summed E-state index contributed by atoms with van der Waals surface area (Å²) >= 11 is 0. The van der Waals surface area contributed by atoms with Crippen molar-refractivity contribution in [3.63, 3.8) is 0 Å². The van der Waals surface area contributed by atoms with Gasteiger partial charge >= 0.3 is 6.18 Å². The highest BCUT2D eigenvalue weighted by Gasteiger charge is 2.34. The van der Waals surface area contributed by atoms with Crippen LogP contribution < -0.4 is 0 Å². The molecule has 0 atom stereocenters. The Balaban J connectivity index is 2.18. The van der Waals surface area contributed by atoms with Crippen molar-refractivity contribution >= 4 is 0 Å². The molecule has 1 fully saturated rings. The van der Waals surface area contributed by atoms with E-state index in [0.717, 1.165) is 31.7 Å². The van der Waals surface area contributed by atoms with Crippen LogP contribution in [0.15, 0.2) is 18.2 Å².